The Morgan fingerprint density at radius 2 is 1.81 bits per heavy atom. The first kappa shape index (κ1) is 17.6. The quantitative estimate of drug-likeness (QED) is 0.735. The van der Waals surface area contributed by atoms with Gasteiger partial charge in [-0.3, -0.25) is 9.78 Å². The number of ether oxygens (including phenoxy) is 1. The summed E-state index contributed by atoms with van der Waals surface area (Å²) < 4.78 is 5.63. The number of hydrogen-bond acceptors (Lipinski definition) is 4. The molecule has 0 fully saturated rings. The molecule has 26 heavy (non-hydrogen) atoms. The Labute approximate surface area is 153 Å². The molecule has 0 bridgehead atoms. The molecule has 0 saturated carbocycles. The van der Waals surface area contributed by atoms with Crippen LogP contribution in [-0.4, -0.2) is 15.9 Å². The number of aromatic nitrogens is 2. The van der Waals surface area contributed by atoms with Crippen LogP contribution >= 0.6 is 0 Å². The molecule has 3 aromatic rings. The maximum atomic E-state index is 12.5. The molecular formula is C21H21N3O2. The van der Waals surface area contributed by atoms with Gasteiger partial charge in [-0.25, -0.2) is 4.98 Å². The van der Waals surface area contributed by atoms with Gasteiger partial charge in [-0.2, -0.15) is 0 Å². The first-order chi connectivity index (χ1) is 12.4. The number of carbonyl (C=O) groups is 1. The minimum absolute atomic E-state index is 0.0566. The molecule has 0 radical (unpaired) electrons. The lowest BCUT2D eigenvalue weighted by Gasteiger charge is -2.19. The summed E-state index contributed by atoms with van der Waals surface area (Å²) in [7, 11) is 0. The summed E-state index contributed by atoms with van der Waals surface area (Å²) in [6.07, 6.45) is 4.67. The number of rotatable bonds is 4. The van der Waals surface area contributed by atoms with Gasteiger partial charge in [0.25, 0.3) is 5.91 Å². The van der Waals surface area contributed by atoms with Crippen LogP contribution in [0, 0.1) is 0 Å². The lowest BCUT2D eigenvalue weighted by molar-refractivity contribution is 0.102. The molecule has 0 aliphatic rings. The van der Waals surface area contributed by atoms with Gasteiger partial charge in [0.15, 0.2) is 0 Å². The predicted octanol–water partition coefficient (Wildman–Crippen LogP) is 4.82. The second kappa shape index (κ2) is 7.35. The van der Waals surface area contributed by atoms with E-state index in [1.807, 2.05) is 36.4 Å². The smallest absolute Gasteiger partial charge is 0.255 e. The molecule has 1 aromatic heterocycles. The fourth-order valence-corrected chi connectivity index (χ4v) is 2.42. The van der Waals surface area contributed by atoms with Crippen LogP contribution in [0.4, 0.5) is 5.69 Å². The molecule has 1 amide bonds. The standard InChI is InChI=1S/C21H21N3O2/c1-21(2,3)16-9-7-15(8-10-16)20(25)24-17-5-4-6-18(13-17)26-19-14-22-11-12-23-19/h4-14H,1-3H3,(H,24,25). The monoisotopic (exact) mass is 347 g/mol. The third kappa shape index (κ3) is 4.45. The Kier molecular flexibility index (Phi) is 4.98. The third-order valence-electron chi connectivity index (χ3n) is 3.87. The maximum Gasteiger partial charge on any atom is 0.255 e. The van der Waals surface area contributed by atoms with E-state index < -0.39 is 0 Å². The Hall–Kier alpha value is -3.21. The van der Waals surface area contributed by atoms with Crippen molar-refractivity contribution < 1.29 is 9.53 Å². The summed E-state index contributed by atoms with van der Waals surface area (Å²) in [4.78, 5) is 20.5. The molecule has 0 aliphatic heterocycles. The fraction of sp³-hybridized carbons (Fsp3) is 0.190. The summed E-state index contributed by atoms with van der Waals surface area (Å²) in [5.41, 5.74) is 2.50. The second-order valence-corrected chi connectivity index (χ2v) is 6.96. The van der Waals surface area contributed by atoms with E-state index >= 15 is 0 Å². The van der Waals surface area contributed by atoms with Gasteiger partial charge in [0.1, 0.15) is 5.75 Å². The molecule has 0 spiro atoms. The van der Waals surface area contributed by atoms with Gasteiger partial charge in [0, 0.05) is 29.7 Å². The van der Waals surface area contributed by atoms with Gasteiger partial charge in [-0.05, 0) is 35.2 Å². The molecule has 0 unspecified atom stereocenters. The molecule has 132 valence electrons. The van der Waals surface area contributed by atoms with Crippen molar-refractivity contribution in [2.75, 3.05) is 5.32 Å². The van der Waals surface area contributed by atoms with Crippen LogP contribution in [0.2, 0.25) is 0 Å². The van der Waals surface area contributed by atoms with Crippen molar-refractivity contribution in [2.24, 2.45) is 0 Å². The molecule has 1 N–H and O–H groups in total. The Morgan fingerprint density at radius 3 is 2.46 bits per heavy atom. The van der Waals surface area contributed by atoms with Crippen LogP contribution in [-0.2, 0) is 5.41 Å². The van der Waals surface area contributed by atoms with E-state index in [-0.39, 0.29) is 11.3 Å². The van der Waals surface area contributed by atoms with Crippen LogP contribution in [0.5, 0.6) is 11.6 Å². The lowest BCUT2D eigenvalue weighted by Crippen LogP contribution is -2.14. The molecule has 2 aromatic carbocycles. The van der Waals surface area contributed by atoms with Gasteiger partial charge in [-0.15, -0.1) is 0 Å². The highest BCUT2D eigenvalue weighted by molar-refractivity contribution is 6.04. The fourth-order valence-electron chi connectivity index (χ4n) is 2.42. The van der Waals surface area contributed by atoms with Crippen LogP contribution in [0.25, 0.3) is 0 Å². The SMILES string of the molecule is CC(C)(C)c1ccc(C(=O)Nc2cccc(Oc3cnccn3)c2)cc1. The zero-order valence-corrected chi connectivity index (χ0v) is 15.1. The molecule has 5 heteroatoms. The molecule has 0 atom stereocenters. The number of benzene rings is 2. The Morgan fingerprint density at radius 1 is 1.04 bits per heavy atom. The average molecular weight is 347 g/mol. The van der Waals surface area contributed by atoms with Crippen LogP contribution in [0.15, 0.2) is 67.1 Å². The summed E-state index contributed by atoms with van der Waals surface area (Å²) in [6, 6.07) is 14.8. The number of carbonyl (C=O) groups excluding carboxylic acids is 1. The molecule has 3 rings (SSSR count). The van der Waals surface area contributed by atoms with Crippen molar-refractivity contribution in [3.8, 4) is 11.6 Å². The van der Waals surface area contributed by atoms with E-state index in [1.165, 1.54) is 11.8 Å². The summed E-state index contributed by atoms with van der Waals surface area (Å²) in [6.45, 7) is 6.43. The third-order valence-corrected chi connectivity index (χ3v) is 3.87. The van der Waals surface area contributed by atoms with E-state index in [0.29, 0.717) is 22.9 Å². The Balaban J connectivity index is 1.70. The number of nitrogens with zero attached hydrogens (tertiary/aromatic N) is 2. The zero-order valence-electron chi connectivity index (χ0n) is 15.1. The highest BCUT2D eigenvalue weighted by Gasteiger charge is 2.14. The molecule has 5 nitrogen and oxygen atoms in total. The van der Waals surface area contributed by atoms with Gasteiger partial charge in [-0.1, -0.05) is 39.0 Å². The normalized spacial score (nSPS) is 11.0. The number of anilines is 1. The van der Waals surface area contributed by atoms with Gasteiger partial charge >= 0.3 is 0 Å². The highest BCUT2D eigenvalue weighted by Crippen LogP contribution is 2.24. The molecular weight excluding hydrogens is 326 g/mol. The number of hydrogen-bond donors (Lipinski definition) is 1. The van der Waals surface area contributed by atoms with Crippen molar-refractivity contribution in [1.82, 2.24) is 9.97 Å². The minimum atomic E-state index is -0.165. The van der Waals surface area contributed by atoms with Crippen LogP contribution in [0.3, 0.4) is 0 Å². The van der Waals surface area contributed by atoms with E-state index in [1.54, 1.807) is 24.5 Å². The largest absolute Gasteiger partial charge is 0.437 e. The van der Waals surface area contributed by atoms with E-state index in [2.05, 4.69) is 36.1 Å². The number of amides is 1. The molecule has 0 saturated heterocycles. The lowest BCUT2D eigenvalue weighted by atomic mass is 9.87. The first-order valence-corrected chi connectivity index (χ1v) is 8.38. The highest BCUT2D eigenvalue weighted by atomic mass is 16.5. The van der Waals surface area contributed by atoms with Gasteiger partial charge in [0.2, 0.25) is 5.88 Å². The van der Waals surface area contributed by atoms with Crippen molar-refractivity contribution in [3.63, 3.8) is 0 Å². The second-order valence-electron chi connectivity index (χ2n) is 6.96. The van der Waals surface area contributed by atoms with E-state index in [0.717, 1.165) is 0 Å². The average Bonchev–Trinajstić information content (AvgIpc) is 2.62. The topological polar surface area (TPSA) is 64.1 Å². The van der Waals surface area contributed by atoms with Gasteiger partial charge in [0.05, 0.1) is 6.20 Å². The van der Waals surface area contributed by atoms with Crippen LogP contribution < -0.4 is 10.1 Å². The van der Waals surface area contributed by atoms with Crippen molar-refractivity contribution in [2.45, 2.75) is 26.2 Å². The first-order valence-electron chi connectivity index (χ1n) is 8.38. The van der Waals surface area contributed by atoms with E-state index in [4.69, 9.17) is 4.74 Å². The summed E-state index contributed by atoms with van der Waals surface area (Å²) in [5, 5.41) is 2.89. The summed E-state index contributed by atoms with van der Waals surface area (Å²) >= 11 is 0. The van der Waals surface area contributed by atoms with Gasteiger partial charge < -0.3 is 10.1 Å². The molecule has 0 aliphatic carbocycles. The van der Waals surface area contributed by atoms with Crippen molar-refractivity contribution >= 4 is 11.6 Å². The van der Waals surface area contributed by atoms with Crippen LogP contribution in [0.1, 0.15) is 36.7 Å². The predicted molar refractivity (Wildman–Crippen MR) is 102 cm³/mol. The Bertz CT molecular complexity index is 885. The maximum absolute atomic E-state index is 12.5. The van der Waals surface area contributed by atoms with Crippen molar-refractivity contribution in [1.29, 1.82) is 0 Å². The molecule has 1 heterocycles. The zero-order chi connectivity index (χ0) is 18.6. The minimum Gasteiger partial charge on any atom is -0.437 e. The number of nitrogens with one attached hydrogen (secondary N) is 1. The summed E-state index contributed by atoms with van der Waals surface area (Å²) in [5.74, 6) is 0.808. The van der Waals surface area contributed by atoms with Crippen molar-refractivity contribution in [3.05, 3.63) is 78.2 Å². The van der Waals surface area contributed by atoms with E-state index in [9.17, 15) is 4.79 Å².